The average molecular weight is 313 g/mol. The van der Waals surface area contributed by atoms with Crippen molar-refractivity contribution in [2.24, 2.45) is 0 Å². The Morgan fingerprint density at radius 2 is 1.55 bits per heavy atom. The first kappa shape index (κ1) is 16.5. The SMILES string of the molecule is CN(C)[C@@H](CNC(=S)NCc1ccccc1)c1ccccc1. The van der Waals surface area contributed by atoms with Crippen LogP contribution in [0.15, 0.2) is 60.7 Å². The monoisotopic (exact) mass is 313 g/mol. The van der Waals surface area contributed by atoms with Crippen LogP contribution in [0.2, 0.25) is 0 Å². The lowest BCUT2D eigenvalue weighted by molar-refractivity contribution is 0.298. The van der Waals surface area contributed by atoms with Crippen molar-refractivity contribution >= 4 is 17.3 Å². The molecule has 0 aromatic heterocycles. The minimum atomic E-state index is 0.290. The van der Waals surface area contributed by atoms with E-state index in [9.17, 15) is 0 Å². The Morgan fingerprint density at radius 3 is 2.14 bits per heavy atom. The first-order valence-corrected chi connectivity index (χ1v) is 7.84. The highest BCUT2D eigenvalue weighted by Gasteiger charge is 2.13. The predicted octanol–water partition coefficient (Wildman–Crippen LogP) is 2.95. The van der Waals surface area contributed by atoms with Crippen LogP contribution in [0.3, 0.4) is 0 Å². The van der Waals surface area contributed by atoms with Gasteiger partial charge in [-0.1, -0.05) is 60.7 Å². The molecular formula is C18H23N3S. The fourth-order valence-electron chi connectivity index (χ4n) is 2.30. The summed E-state index contributed by atoms with van der Waals surface area (Å²) in [5.74, 6) is 0. The molecule has 0 heterocycles. The van der Waals surface area contributed by atoms with Crippen LogP contribution in [-0.2, 0) is 6.54 Å². The van der Waals surface area contributed by atoms with Crippen molar-refractivity contribution in [3.63, 3.8) is 0 Å². The van der Waals surface area contributed by atoms with E-state index in [0.29, 0.717) is 5.11 Å². The van der Waals surface area contributed by atoms with Crippen molar-refractivity contribution in [1.29, 1.82) is 0 Å². The van der Waals surface area contributed by atoms with Gasteiger partial charge in [0, 0.05) is 13.1 Å². The number of hydrogen-bond acceptors (Lipinski definition) is 2. The third-order valence-electron chi connectivity index (χ3n) is 3.56. The molecule has 0 saturated carbocycles. The van der Waals surface area contributed by atoms with Crippen LogP contribution in [0, 0.1) is 0 Å². The van der Waals surface area contributed by atoms with Gasteiger partial charge in [0.05, 0.1) is 6.04 Å². The Kier molecular flexibility index (Phi) is 6.37. The molecule has 0 amide bonds. The largest absolute Gasteiger partial charge is 0.361 e. The van der Waals surface area contributed by atoms with E-state index in [-0.39, 0.29) is 6.04 Å². The van der Waals surface area contributed by atoms with E-state index in [1.807, 2.05) is 24.3 Å². The summed E-state index contributed by atoms with van der Waals surface area (Å²) in [6.45, 7) is 1.52. The number of benzene rings is 2. The first-order valence-electron chi connectivity index (χ1n) is 7.44. The Morgan fingerprint density at radius 1 is 0.955 bits per heavy atom. The van der Waals surface area contributed by atoms with Crippen molar-refractivity contribution in [2.75, 3.05) is 20.6 Å². The second-order valence-electron chi connectivity index (χ2n) is 5.44. The summed E-state index contributed by atoms with van der Waals surface area (Å²) in [6, 6.07) is 21.0. The zero-order valence-electron chi connectivity index (χ0n) is 13.1. The van der Waals surface area contributed by atoms with Crippen LogP contribution < -0.4 is 10.6 Å². The number of thiocarbonyl (C=S) groups is 1. The molecule has 2 aromatic rings. The molecule has 3 nitrogen and oxygen atoms in total. The van der Waals surface area contributed by atoms with E-state index < -0.39 is 0 Å². The summed E-state index contributed by atoms with van der Waals surface area (Å²) in [5, 5.41) is 7.24. The van der Waals surface area contributed by atoms with E-state index in [0.717, 1.165) is 13.1 Å². The zero-order chi connectivity index (χ0) is 15.8. The van der Waals surface area contributed by atoms with E-state index in [2.05, 4.69) is 66.0 Å². The molecule has 116 valence electrons. The smallest absolute Gasteiger partial charge is 0.166 e. The Bertz CT molecular complexity index is 569. The standard InChI is InChI=1S/C18H23N3S/c1-21(2)17(16-11-7-4-8-12-16)14-20-18(22)19-13-15-9-5-3-6-10-15/h3-12,17H,13-14H2,1-2H3,(H2,19,20,22)/t17-/m0/s1. The van der Waals surface area contributed by atoms with Gasteiger partial charge in [0.25, 0.3) is 0 Å². The van der Waals surface area contributed by atoms with E-state index in [4.69, 9.17) is 12.2 Å². The molecule has 0 fully saturated rings. The van der Waals surface area contributed by atoms with Gasteiger partial charge in [-0.25, -0.2) is 0 Å². The van der Waals surface area contributed by atoms with Gasteiger partial charge in [-0.3, -0.25) is 0 Å². The fraction of sp³-hybridized carbons (Fsp3) is 0.278. The van der Waals surface area contributed by atoms with Crippen molar-refractivity contribution in [2.45, 2.75) is 12.6 Å². The predicted molar refractivity (Wildman–Crippen MR) is 96.8 cm³/mol. The first-order chi connectivity index (χ1) is 10.7. The molecule has 1 atom stereocenters. The Balaban J connectivity index is 1.83. The zero-order valence-corrected chi connectivity index (χ0v) is 13.9. The highest BCUT2D eigenvalue weighted by atomic mass is 32.1. The van der Waals surface area contributed by atoms with Crippen LogP contribution in [-0.4, -0.2) is 30.7 Å². The summed E-state index contributed by atoms with van der Waals surface area (Å²) in [5.41, 5.74) is 2.50. The molecular weight excluding hydrogens is 290 g/mol. The van der Waals surface area contributed by atoms with Gasteiger partial charge in [-0.2, -0.15) is 0 Å². The van der Waals surface area contributed by atoms with Crippen LogP contribution in [0.25, 0.3) is 0 Å². The van der Waals surface area contributed by atoms with Gasteiger partial charge in [0.15, 0.2) is 5.11 Å². The van der Waals surface area contributed by atoms with Crippen LogP contribution in [0.5, 0.6) is 0 Å². The second-order valence-corrected chi connectivity index (χ2v) is 5.85. The van der Waals surface area contributed by atoms with Gasteiger partial charge >= 0.3 is 0 Å². The maximum atomic E-state index is 5.37. The molecule has 22 heavy (non-hydrogen) atoms. The van der Waals surface area contributed by atoms with Gasteiger partial charge in [-0.05, 0) is 37.4 Å². The molecule has 0 saturated heterocycles. The topological polar surface area (TPSA) is 27.3 Å². The Labute approximate surface area is 138 Å². The van der Waals surface area contributed by atoms with Crippen molar-refractivity contribution < 1.29 is 0 Å². The van der Waals surface area contributed by atoms with E-state index >= 15 is 0 Å². The Hall–Kier alpha value is -1.91. The molecule has 2 N–H and O–H groups in total. The van der Waals surface area contributed by atoms with Crippen LogP contribution in [0.4, 0.5) is 0 Å². The lowest BCUT2D eigenvalue weighted by Crippen LogP contribution is -2.40. The highest BCUT2D eigenvalue weighted by molar-refractivity contribution is 7.80. The number of nitrogens with one attached hydrogen (secondary N) is 2. The maximum Gasteiger partial charge on any atom is 0.166 e. The molecule has 0 bridgehead atoms. The minimum absolute atomic E-state index is 0.290. The normalized spacial score (nSPS) is 12.0. The maximum absolute atomic E-state index is 5.37. The number of nitrogens with zero attached hydrogens (tertiary/aromatic N) is 1. The molecule has 0 aliphatic rings. The lowest BCUT2D eigenvalue weighted by atomic mass is 10.1. The minimum Gasteiger partial charge on any atom is -0.361 e. The fourth-order valence-corrected chi connectivity index (χ4v) is 2.46. The molecule has 2 rings (SSSR count). The summed E-state index contributed by atoms with van der Waals surface area (Å²) in [6.07, 6.45) is 0. The third kappa shape index (κ3) is 5.13. The van der Waals surface area contributed by atoms with E-state index in [1.54, 1.807) is 0 Å². The third-order valence-corrected chi connectivity index (χ3v) is 3.85. The molecule has 0 spiro atoms. The van der Waals surface area contributed by atoms with Crippen LogP contribution in [0.1, 0.15) is 17.2 Å². The van der Waals surface area contributed by atoms with Crippen molar-refractivity contribution in [1.82, 2.24) is 15.5 Å². The van der Waals surface area contributed by atoms with Crippen molar-refractivity contribution in [3.05, 3.63) is 71.8 Å². The van der Waals surface area contributed by atoms with E-state index in [1.165, 1.54) is 11.1 Å². The van der Waals surface area contributed by atoms with Crippen molar-refractivity contribution in [3.8, 4) is 0 Å². The van der Waals surface area contributed by atoms with Gasteiger partial charge in [0.1, 0.15) is 0 Å². The van der Waals surface area contributed by atoms with Gasteiger partial charge < -0.3 is 15.5 Å². The van der Waals surface area contributed by atoms with Gasteiger partial charge in [-0.15, -0.1) is 0 Å². The van der Waals surface area contributed by atoms with Gasteiger partial charge in [0.2, 0.25) is 0 Å². The number of likely N-dealkylation sites (N-methyl/N-ethyl adjacent to an activating group) is 1. The molecule has 0 radical (unpaired) electrons. The summed E-state index contributed by atoms with van der Waals surface area (Å²) in [7, 11) is 4.17. The summed E-state index contributed by atoms with van der Waals surface area (Å²) >= 11 is 5.37. The number of hydrogen-bond donors (Lipinski definition) is 2. The summed E-state index contributed by atoms with van der Waals surface area (Å²) < 4.78 is 0. The molecule has 0 aliphatic heterocycles. The second kappa shape index (κ2) is 8.51. The molecule has 2 aromatic carbocycles. The molecule has 0 unspecified atom stereocenters. The molecule has 0 aliphatic carbocycles. The lowest BCUT2D eigenvalue weighted by Gasteiger charge is -2.25. The quantitative estimate of drug-likeness (QED) is 0.802. The average Bonchev–Trinajstić information content (AvgIpc) is 2.55. The molecule has 4 heteroatoms. The summed E-state index contributed by atoms with van der Waals surface area (Å²) in [4.78, 5) is 2.20. The van der Waals surface area contributed by atoms with Crippen LogP contribution >= 0.6 is 12.2 Å². The number of rotatable bonds is 6. The highest BCUT2D eigenvalue weighted by Crippen LogP contribution is 2.16.